The number of rotatable bonds is 5. The lowest BCUT2D eigenvalue weighted by Crippen LogP contribution is -2.25. The summed E-state index contributed by atoms with van der Waals surface area (Å²) in [6.45, 7) is 2.65. The molecule has 2 aromatic rings. The quantitative estimate of drug-likeness (QED) is 0.716. The van der Waals surface area contributed by atoms with Crippen molar-refractivity contribution < 1.29 is 22.7 Å². The van der Waals surface area contributed by atoms with Crippen LogP contribution in [0.3, 0.4) is 0 Å². The third kappa shape index (κ3) is 2.56. The van der Waals surface area contributed by atoms with E-state index < -0.39 is 16.0 Å². The van der Waals surface area contributed by atoms with Crippen LogP contribution in [0.4, 0.5) is 0 Å². The predicted octanol–water partition coefficient (Wildman–Crippen LogP) is 0.191. The molecule has 108 valence electrons. The molecule has 10 heteroatoms. The Kier molecular flexibility index (Phi) is 3.59. The molecule has 0 fully saturated rings. The zero-order valence-corrected chi connectivity index (χ0v) is 11.5. The molecule has 3 N–H and O–H groups in total. The molecule has 0 amide bonds. The first-order chi connectivity index (χ1) is 9.33. The van der Waals surface area contributed by atoms with Crippen molar-refractivity contribution in [3.05, 3.63) is 29.2 Å². The van der Waals surface area contributed by atoms with Gasteiger partial charge in [-0.1, -0.05) is 0 Å². The van der Waals surface area contributed by atoms with Crippen molar-refractivity contribution in [1.82, 2.24) is 19.9 Å². The van der Waals surface area contributed by atoms with Crippen molar-refractivity contribution in [1.29, 1.82) is 0 Å². The third-order valence-corrected chi connectivity index (χ3v) is 4.14. The van der Waals surface area contributed by atoms with Crippen molar-refractivity contribution in [2.24, 2.45) is 0 Å². The van der Waals surface area contributed by atoms with E-state index >= 15 is 0 Å². The fourth-order valence-corrected chi connectivity index (χ4v) is 3.18. The largest absolute Gasteiger partial charge is 0.478 e. The molecule has 0 atom stereocenters. The minimum Gasteiger partial charge on any atom is -0.478 e. The van der Waals surface area contributed by atoms with Crippen LogP contribution in [0.5, 0.6) is 0 Å². The van der Waals surface area contributed by atoms with Gasteiger partial charge in [-0.05, 0) is 13.8 Å². The van der Waals surface area contributed by atoms with E-state index in [9.17, 15) is 13.2 Å². The molecule has 0 bridgehead atoms. The Balaban J connectivity index is 2.37. The molecular formula is C10H12N4O5S. The number of aromatic nitrogens is 3. The monoisotopic (exact) mass is 300 g/mol. The summed E-state index contributed by atoms with van der Waals surface area (Å²) in [5.74, 6) is -0.997. The number of nitrogens with one attached hydrogen (secondary N) is 2. The second-order valence-electron chi connectivity index (χ2n) is 3.98. The van der Waals surface area contributed by atoms with Gasteiger partial charge in [0, 0.05) is 0 Å². The van der Waals surface area contributed by atoms with Crippen molar-refractivity contribution in [3.8, 4) is 0 Å². The smallest absolute Gasteiger partial charge is 0.340 e. The van der Waals surface area contributed by atoms with Crippen LogP contribution in [0.25, 0.3) is 0 Å². The zero-order valence-electron chi connectivity index (χ0n) is 10.7. The topological polar surface area (TPSA) is 138 Å². The number of aromatic carboxylic acids is 1. The number of nitrogens with zero attached hydrogens (tertiary/aromatic N) is 2. The first-order valence-electron chi connectivity index (χ1n) is 5.50. The maximum absolute atomic E-state index is 12.2. The van der Waals surface area contributed by atoms with Gasteiger partial charge in [0.2, 0.25) is 10.0 Å². The van der Waals surface area contributed by atoms with Gasteiger partial charge >= 0.3 is 5.97 Å². The van der Waals surface area contributed by atoms with Crippen molar-refractivity contribution >= 4 is 16.0 Å². The minimum absolute atomic E-state index is 0.0185. The van der Waals surface area contributed by atoms with Gasteiger partial charge < -0.3 is 9.52 Å². The van der Waals surface area contributed by atoms with Gasteiger partial charge in [0.25, 0.3) is 0 Å². The second-order valence-corrected chi connectivity index (χ2v) is 5.68. The van der Waals surface area contributed by atoms with E-state index in [0.29, 0.717) is 5.82 Å². The number of furan rings is 1. The van der Waals surface area contributed by atoms with Crippen LogP contribution in [0.15, 0.2) is 15.6 Å². The lowest BCUT2D eigenvalue weighted by Gasteiger charge is -2.05. The molecule has 0 aromatic carbocycles. The summed E-state index contributed by atoms with van der Waals surface area (Å²) >= 11 is 0. The van der Waals surface area contributed by atoms with E-state index in [0.717, 1.165) is 0 Å². The molecule has 0 saturated heterocycles. The molecule has 0 radical (unpaired) electrons. The first kappa shape index (κ1) is 14.2. The fraction of sp³-hybridized carbons (Fsp3) is 0.300. The Morgan fingerprint density at radius 2 is 2.15 bits per heavy atom. The average Bonchev–Trinajstić information content (AvgIpc) is 2.94. The molecule has 9 nitrogen and oxygen atoms in total. The maximum Gasteiger partial charge on any atom is 0.340 e. The first-order valence-corrected chi connectivity index (χ1v) is 6.98. The van der Waals surface area contributed by atoms with E-state index in [1.807, 2.05) is 0 Å². The number of H-pyrrole nitrogens is 1. The van der Waals surface area contributed by atoms with E-state index in [2.05, 4.69) is 19.9 Å². The number of aryl methyl sites for hydroxylation is 2. The molecule has 2 aromatic heterocycles. The van der Waals surface area contributed by atoms with Gasteiger partial charge in [-0.15, -0.1) is 0 Å². The molecule has 0 aliphatic carbocycles. The molecule has 2 heterocycles. The summed E-state index contributed by atoms with van der Waals surface area (Å²) in [4.78, 5) is 14.5. The molecule has 0 saturated carbocycles. The summed E-state index contributed by atoms with van der Waals surface area (Å²) < 4.78 is 31.7. The van der Waals surface area contributed by atoms with Gasteiger partial charge in [-0.25, -0.2) is 22.9 Å². The van der Waals surface area contributed by atoms with Crippen LogP contribution >= 0.6 is 0 Å². The number of aromatic amines is 1. The van der Waals surface area contributed by atoms with Crippen molar-refractivity contribution in [3.63, 3.8) is 0 Å². The van der Waals surface area contributed by atoms with E-state index in [1.54, 1.807) is 0 Å². The van der Waals surface area contributed by atoms with Crippen LogP contribution in [0, 0.1) is 13.8 Å². The van der Waals surface area contributed by atoms with E-state index in [4.69, 9.17) is 9.52 Å². The number of carboxylic acid groups (broad SMARTS) is 1. The molecule has 2 rings (SSSR count). The van der Waals surface area contributed by atoms with Gasteiger partial charge in [-0.3, -0.25) is 5.10 Å². The number of carbonyl (C=O) groups is 1. The molecule has 0 unspecified atom stereocenters. The van der Waals surface area contributed by atoms with Gasteiger partial charge in [-0.2, -0.15) is 5.10 Å². The lowest BCUT2D eigenvalue weighted by molar-refractivity contribution is 0.0691. The Morgan fingerprint density at radius 1 is 1.45 bits per heavy atom. The normalized spacial score (nSPS) is 11.7. The van der Waals surface area contributed by atoms with Crippen molar-refractivity contribution in [2.75, 3.05) is 0 Å². The molecule has 0 spiro atoms. The SMILES string of the molecule is Cc1oc(C)c(S(=O)(=O)NCc2ncn[nH]2)c1C(=O)O. The number of hydrogen-bond acceptors (Lipinski definition) is 6. The summed E-state index contributed by atoms with van der Waals surface area (Å²) in [6.07, 6.45) is 1.24. The highest BCUT2D eigenvalue weighted by molar-refractivity contribution is 7.89. The second kappa shape index (κ2) is 5.06. The lowest BCUT2D eigenvalue weighted by atomic mass is 10.2. The summed E-state index contributed by atoms with van der Waals surface area (Å²) in [5, 5.41) is 15.2. The van der Waals surface area contributed by atoms with E-state index in [1.165, 1.54) is 20.2 Å². The van der Waals surface area contributed by atoms with Gasteiger partial charge in [0.15, 0.2) is 0 Å². The van der Waals surface area contributed by atoms with Crippen LogP contribution < -0.4 is 4.72 Å². The number of carboxylic acids is 1. The van der Waals surface area contributed by atoms with Crippen LogP contribution in [0.2, 0.25) is 0 Å². The number of hydrogen-bond donors (Lipinski definition) is 3. The Bertz CT molecular complexity index is 732. The number of sulfonamides is 1. The highest BCUT2D eigenvalue weighted by atomic mass is 32.2. The minimum atomic E-state index is -4.03. The van der Waals surface area contributed by atoms with E-state index in [-0.39, 0.29) is 28.5 Å². The zero-order chi connectivity index (χ0) is 14.9. The molecule has 0 aliphatic rings. The maximum atomic E-state index is 12.2. The highest BCUT2D eigenvalue weighted by Gasteiger charge is 2.30. The average molecular weight is 300 g/mol. The highest BCUT2D eigenvalue weighted by Crippen LogP contribution is 2.26. The van der Waals surface area contributed by atoms with Gasteiger partial charge in [0.1, 0.15) is 34.1 Å². The summed E-state index contributed by atoms with van der Waals surface area (Å²) in [7, 11) is -4.03. The van der Waals surface area contributed by atoms with Crippen LogP contribution in [-0.2, 0) is 16.6 Å². The molecule has 0 aliphatic heterocycles. The van der Waals surface area contributed by atoms with Crippen LogP contribution in [0.1, 0.15) is 27.7 Å². The van der Waals surface area contributed by atoms with Gasteiger partial charge in [0.05, 0.1) is 6.54 Å². The Morgan fingerprint density at radius 3 is 2.70 bits per heavy atom. The standard InChI is InChI=1S/C10H12N4O5S/c1-5-8(10(15)16)9(6(2)19-5)20(17,18)13-3-7-11-4-12-14-7/h4,13H,3H2,1-2H3,(H,15,16)(H,11,12,14). The fourth-order valence-electron chi connectivity index (χ4n) is 1.79. The van der Waals surface area contributed by atoms with Crippen LogP contribution in [-0.4, -0.2) is 34.7 Å². The molecular weight excluding hydrogens is 288 g/mol. The van der Waals surface area contributed by atoms with Crippen molar-refractivity contribution in [2.45, 2.75) is 25.3 Å². The summed E-state index contributed by atoms with van der Waals surface area (Å²) in [6, 6.07) is 0. The predicted molar refractivity (Wildman–Crippen MR) is 65.5 cm³/mol. The Labute approximate surface area is 114 Å². The summed E-state index contributed by atoms with van der Waals surface area (Å²) in [5.41, 5.74) is -0.368. The Hall–Kier alpha value is -2.20. The molecule has 20 heavy (non-hydrogen) atoms. The third-order valence-electron chi connectivity index (χ3n) is 2.58.